The average molecular weight is 366 g/mol. The van der Waals surface area contributed by atoms with Gasteiger partial charge in [-0.15, -0.1) is 0 Å². The fourth-order valence-electron chi connectivity index (χ4n) is 2.52. The molecule has 0 aliphatic carbocycles. The number of carbonyl (C=O) groups excluding carboxylic acids is 1. The quantitative estimate of drug-likeness (QED) is 0.368. The number of amides is 1. The largest absolute Gasteiger partial charge is 0.451 e. The van der Waals surface area contributed by atoms with Gasteiger partial charge in [-0.2, -0.15) is 4.98 Å². The summed E-state index contributed by atoms with van der Waals surface area (Å²) < 4.78 is 5.44. The molecule has 0 radical (unpaired) electrons. The first kappa shape index (κ1) is 16.2. The van der Waals surface area contributed by atoms with E-state index in [2.05, 4.69) is 25.3 Å². The van der Waals surface area contributed by atoms with E-state index in [4.69, 9.17) is 4.42 Å². The number of H-pyrrole nitrogens is 2. The maximum absolute atomic E-state index is 12.3. The summed E-state index contributed by atoms with van der Waals surface area (Å²) in [5.74, 6) is -0.726. The predicted octanol–water partition coefficient (Wildman–Crippen LogP) is 2.07. The molecule has 0 aliphatic rings. The van der Waals surface area contributed by atoms with Gasteiger partial charge in [0.2, 0.25) is 5.95 Å². The van der Waals surface area contributed by atoms with Crippen molar-refractivity contribution in [2.24, 2.45) is 0 Å². The number of rotatable bonds is 4. The van der Waals surface area contributed by atoms with Crippen molar-refractivity contribution in [3.05, 3.63) is 69.0 Å². The molecule has 27 heavy (non-hydrogen) atoms. The Bertz CT molecular complexity index is 1240. The summed E-state index contributed by atoms with van der Waals surface area (Å²) in [4.78, 5) is 47.7. The number of nitrogens with zero attached hydrogens (tertiary/aromatic N) is 3. The molecule has 1 amide bonds. The first-order chi connectivity index (χ1) is 13.0. The van der Waals surface area contributed by atoms with E-state index < -0.39 is 16.4 Å². The lowest BCUT2D eigenvalue weighted by atomic mass is 10.1. The van der Waals surface area contributed by atoms with Gasteiger partial charge in [-0.3, -0.25) is 30.0 Å². The lowest BCUT2D eigenvalue weighted by molar-refractivity contribution is -0.384. The Hall–Kier alpha value is -4.28. The molecule has 0 spiro atoms. The number of carbonyl (C=O) groups is 1. The normalized spacial score (nSPS) is 10.8. The van der Waals surface area contributed by atoms with E-state index in [-0.39, 0.29) is 39.9 Å². The molecule has 11 heteroatoms. The number of aromatic amines is 2. The van der Waals surface area contributed by atoms with Crippen LogP contribution in [0.4, 0.5) is 11.6 Å². The minimum atomic E-state index is -0.683. The molecule has 0 aliphatic heterocycles. The molecule has 4 aromatic rings. The molecule has 4 rings (SSSR count). The van der Waals surface area contributed by atoms with Gasteiger partial charge in [0, 0.05) is 6.07 Å². The van der Waals surface area contributed by atoms with Gasteiger partial charge in [0.25, 0.3) is 17.2 Å². The van der Waals surface area contributed by atoms with E-state index in [9.17, 15) is 19.7 Å². The van der Waals surface area contributed by atoms with Crippen molar-refractivity contribution in [3.8, 4) is 11.3 Å². The second-order valence-corrected chi connectivity index (χ2v) is 5.41. The number of aromatic nitrogens is 4. The number of hydrogen-bond donors (Lipinski definition) is 3. The SMILES string of the molecule is O=C(Nc1nc2nc[nH]c2c(=O)[nH]1)c1ccc(-c2ccccc2[N+](=O)[O-])o1. The third-order valence-electron chi connectivity index (χ3n) is 3.72. The van der Waals surface area contributed by atoms with Gasteiger partial charge in [-0.25, -0.2) is 4.98 Å². The lowest BCUT2D eigenvalue weighted by Crippen LogP contribution is -2.18. The topological polar surface area (TPSA) is 160 Å². The third-order valence-corrected chi connectivity index (χ3v) is 3.72. The smallest absolute Gasteiger partial charge is 0.293 e. The van der Waals surface area contributed by atoms with Crippen LogP contribution in [0.1, 0.15) is 10.6 Å². The summed E-state index contributed by atoms with van der Waals surface area (Å²) in [6, 6.07) is 8.83. The van der Waals surface area contributed by atoms with Crippen molar-refractivity contribution in [2.75, 3.05) is 5.32 Å². The van der Waals surface area contributed by atoms with Gasteiger partial charge in [-0.1, -0.05) is 12.1 Å². The number of para-hydroxylation sites is 1. The van der Waals surface area contributed by atoms with Crippen molar-refractivity contribution >= 4 is 28.7 Å². The molecule has 0 unspecified atom stereocenters. The van der Waals surface area contributed by atoms with Crippen LogP contribution >= 0.6 is 0 Å². The zero-order valence-corrected chi connectivity index (χ0v) is 13.4. The molecular formula is C16H10N6O5. The Labute approximate surface area is 149 Å². The molecule has 3 N–H and O–H groups in total. The molecule has 0 bridgehead atoms. The third kappa shape index (κ3) is 2.93. The van der Waals surface area contributed by atoms with Gasteiger partial charge in [0.05, 0.1) is 16.8 Å². The Morgan fingerprint density at radius 3 is 2.85 bits per heavy atom. The van der Waals surface area contributed by atoms with Crippen LogP contribution in [0.15, 0.2) is 51.9 Å². The Morgan fingerprint density at radius 2 is 2.04 bits per heavy atom. The van der Waals surface area contributed by atoms with Crippen molar-refractivity contribution < 1.29 is 14.1 Å². The van der Waals surface area contributed by atoms with Crippen LogP contribution in [0.3, 0.4) is 0 Å². The first-order valence-electron chi connectivity index (χ1n) is 7.61. The highest BCUT2D eigenvalue weighted by Crippen LogP contribution is 2.30. The van der Waals surface area contributed by atoms with E-state index >= 15 is 0 Å². The fourth-order valence-corrected chi connectivity index (χ4v) is 2.52. The monoisotopic (exact) mass is 366 g/mol. The van der Waals surface area contributed by atoms with E-state index in [1.165, 1.54) is 36.7 Å². The zero-order valence-electron chi connectivity index (χ0n) is 13.4. The molecule has 134 valence electrons. The molecule has 1 aromatic carbocycles. The van der Waals surface area contributed by atoms with E-state index in [1.807, 2.05) is 0 Å². The maximum atomic E-state index is 12.3. The summed E-state index contributed by atoms with van der Waals surface area (Å²) in [6.07, 6.45) is 1.31. The second-order valence-electron chi connectivity index (χ2n) is 5.41. The highest BCUT2D eigenvalue weighted by molar-refractivity contribution is 6.01. The van der Waals surface area contributed by atoms with E-state index in [0.29, 0.717) is 0 Å². The van der Waals surface area contributed by atoms with Crippen LogP contribution in [0.25, 0.3) is 22.5 Å². The van der Waals surface area contributed by atoms with Gasteiger partial charge in [0.1, 0.15) is 5.76 Å². The molecule has 0 saturated heterocycles. The van der Waals surface area contributed by atoms with Crippen LogP contribution in [-0.4, -0.2) is 30.8 Å². The first-order valence-corrected chi connectivity index (χ1v) is 7.61. The second kappa shape index (κ2) is 6.22. The number of furan rings is 1. The minimum absolute atomic E-state index is 0.103. The van der Waals surface area contributed by atoms with Crippen molar-refractivity contribution in [1.29, 1.82) is 0 Å². The number of hydrogen-bond acceptors (Lipinski definition) is 7. The van der Waals surface area contributed by atoms with Crippen LogP contribution in [0, 0.1) is 10.1 Å². The van der Waals surface area contributed by atoms with Crippen molar-refractivity contribution in [1.82, 2.24) is 19.9 Å². The number of fused-ring (bicyclic) bond motifs is 1. The predicted molar refractivity (Wildman–Crippen MR) is 93.3 cm³/mol. The number of imidazole rings is 1. The molecule has 3 aromatic heterocycles. The molecule has 11 nitrogen and oxygen atoms in total. The average Bonchev–Trinajstić information content (AvgIpc) is 3.31. The summed E-state index contributed by atoms with van der Waals surface area (Å²) in [6.45, 7) is 0. The van der Waals surface area contributed by atoms with Gasteiger partial charge in [0.15, 0.2) is 16.9 Å². The molecule has 0 fully saturated rings. The number of nitrogens with one attached hydrogen (secondary N) is 3. The molecule has 0 saturated carbocycles. The van der Waals surface area contributed by atoms with Crippen LogP contribution in [0.2, 0.25) is 0 Å². The van der Waals surface area contributed by atoms with Crippen LogP contribution in [0.5, 0.6) is 0 Å². The van der Waals surface area contributed by atoms with E-state index in [1.54, 1.807) is 6.07 Å². The molecular weight excluding hydrogens is 356 g/mol. The maximum Gasteiger partial charge on any atom is 0.293 e. The molecule has 3 heterocycles. The van der Waals surface area contributed by atoms with Gasteiger partial charge in [-0.05, 0) is 18.2 Å². The Balaban J connectivity index is 1.62. The standard InChI is InChI=1S/C16H10N6O5/c23-14(20-16-19-13-12(15(24)21-16)17-7-18-13)11-6-5-10(27-11)8-3-1-2-4-9(8)22(25)26/h1-7H,(H3,17,18,19,20,21,23,24). The fraction of sp³-hybridized carbons (Fsp3) is 0. The Morgan fingerprint density at radius 1 is 1.22 bits per heavy atom. The van der Waals surface area contributed by atoms with Gasteiger partial charge >= 0.3 is 0 Å². The number of nitro benzene ring substituents is 1. The minimum Gasteiger partial charge on any atom is -0.451 e. The highest BCUT2D eigenvalue weighted by Gasteiger charge is 2.20. The summed E-state index contributed by atoms with van der Waals surface area (Å²) in [5, 5.41) is 13.5. The highest BCUT2D eigenvalue weighted by atomic mass is 16.6. The molecule has 0 atom stereocenters. The number of nitro groups is 1. The van der Waals surface area contributed by atoms with E-state index in [0.717, 1.165) is 0 Å². The Kier molecular flexibility index (Phi) is 3.73. The van der Waals surface area contributed by atoms with Crippen LogP contribution in [-0.2, 0) is 0 Å². The summed E-state index contributed by atoms with van der Waals surface area (Å²) in [5.41, 5.74) is -0.0635. The zero-order chi connectivity index (χ0) is 19.0. The van der Waals surface area contributed by atoms with Crippen molar-refractivity contribution in [3.63, 3.8) is 0 Å². The number of anilines is 1. The van der Waals surface area contributed by atoms with Crippen molar-refractivity contribution in [2.45, 2.75) is 0 Å². The van der Waals surface area contributed by atoms with Gasteiger partial charge < -0.3 is 9.40 Å². The lowest BCUT2D eigenvalue weighted by Gasteiger charge is -2.02. The summed E-state index contributed by atoms with van der Waals surface area (Å²) in [7, 11) is 0. The van der Waals surface area contributed by atoms with Crippen LogP contribution < -0.4 is 10.9 Å². The number of benzene rings is 1. The summed E-state index contributed by atoms with van der Waals surface area (Å²) >= 11 is 0.